The van der Waals surface area contributed by atoms with Crippen molar-refractivity contribution in [2.24, 2.45) is 0 Å². The number of rotatable bonds is 9. The molecular formula is C22H27N5. The van der Waals surface area contributed by atoms with Gasteiger partial charge in [0.1, 0.15) is 12.1 Å². The molecule has 0 aromatic heterocycles. The highest BCUT2D eigenvalue weighted by Crippen LogP contribution is 2.27. The van der Waals surface area contributed by atoms with E-state index in [0.29, 0.717) is 0 Å². The second-order valence-electron chi connectivity index (χ2n) is 6.57. The van der Waals surface area contributed by atoms with Crippen molar-refractivity contribution in [3.63, 3.8) is 0 Å². The zero-order valence-corrected chi connectivity index (χ0v) is 16.0. The molecule has 0 aliphatic rings. The van der Waals surface area contributed by atoms with Crippen LogP contribution < -0.4 is 16.0 Å². The van der Waals surface area contributed by atoms with Crippen LogP contribution in [0.2, 0.25) is 0 Å². The van der Waals surface area contributed by atoms with Gasteiger partial charge in [-0.3, -0.25) is 0 Å². The molecule has 2 rings (SSSR count). The largest absolute Gasteiger partial charge is 0.399 e. The van der Waals surface area contributed by atoms with Crippen LogP contribution in [0, 0.1) is 22.7 Å². The number of hydrogen-bond donors (Lipinski definition) is 2. The number of nitrogen functional groups attached to an aromatic ring is 1. The van der Waals surface area contributed by atoms with Crippen molar-refractivity contribution in [1.82, 2.24) is 0 Å². The third-order valence-electron chi connectivity index (χ3n) is 4.46. The van der Waals surface area contributed by atoms with Crippen molar-refractivity contribution in [3.05, 3.63) is 48.5 Å². The number of nitrogens with two attached hydrogens (primary N) is 1. The van der Waals surface area contributed by atoms with Gasteiger partial charge in [0.2, 0.25) is 0 Å². The van der Waals surface area contributed by atoms with Gasteiger partial charge >= 0.3 is 0 Å². The molecule has 2 aromatic rings. The summed E-state index contributed by atoms with van der Waals surface area (Å²) in [5.74, 6) is 0. The van der Waals surface area contributed by atoms with Gasteiger partial charge in [-0.15, -0.1) is 0 Å². The summed E-state index contributed by atoms with van der Waals surface area (Å²) in [5.41, 5.74) is 9.24. The maximum atomic E-state index is 9.65. The molecule has 2 aromatic carbocycles. The summed E-state index contributed by atoms with van der Waals surface area (Å²) in [6.45, 7) is 4.12. The van der Waals surface area contributed by atoms with Crippen molar-refractivity contribution in [3.8, 4) is 12.1 Å². The molecular weight excluding hydrogens is 334 g/mol. The molecule has 0 bridgehead atoms. The Morgan fingerprint density at radius 1 is 0.852 bits per heavy atom. The number of nitriles is 2. The topological polar surface area (TPSA) is 88.9 Å². The summed E-state index contributed by atoms with van der Waals surface area (Å²) in [4.78, 5) is 1.97. The van der Waals surface area contributed by atoms with Crippen molar-refractivity contribution >= 4 is 22.7 Å². The van der Waals surface area contributed by atoms with Crippen molar-refractivity contribution in [2.75, 3.05) is 16.0 Å². The van der Waals surface area contributed by atoms with E-state index >= 15 is 0 Å². The van der Waals surface area contributed by atoms with E-state index in [1.807, 2.05) is 53.4 Å². The van der Waals surface area contributed by atoms with E-state index in [-0.39, 0.29) is 12.1 Å². The van der Waals surface area contributed by atoms with Gasteiger partial charge < -0.3 is 16.0 Å². The molecule has 2 unspecified atom stereocenters. The molecule has 0 aliphatic heterocycles. The molecule has 3 N–H and O–H groups in total. The van der Waals surface area contributed by atoms with Crippen LogP contribution in [0.3, 0.4) is 0 Å². The highest BCUT2D eigenvalue weighted by molar-refractivity contribution is 5.65. The van der Waals surface area contributed by atoms with Crippen LogP contribution in [0.4, 0.5) is 22.7 Å². The van der Waals surface area contributed by atoms with E-state index in [2.05, 4.69) is 31.3 Å². The molecule has 0 fully saturated rings. The fourth-order valence-electron chi connectivity index (χ4n) is 3.11. The van der Waals surface area contributed by atoms with Crippen molar-refractivity contribution in [1.29, 1.82) is 10.5 Å². The first-order valence-corrected chi connectivity index (χ1v) is 9.43. The number of benzene rings is 2. The number of anilines is 4. The molecule has 5 heteroatoms. The van der Waals surface area contributed by atoms with E-state index in [0.717, 1.165) is 48.4 Å². The summed E-state index contributed by atoms with van der Waals surface area (Å²) in [6.07, 6.45) is 3.28. The molecule has 0 spiro atoms. The highest BCUT2D eigenvalue weighted by atomic mass is 15.2. The predicted molar refractivity (Wildman–Crippen MR) is 112 cm³/mol. The first kappa shape index (κ1) is 20.1. The average molecular weight is 361 g/mol. The van der Waals surface area contributed by atoms with Crippen LogP contribution in [0.1, 0.15) is 39.5 Å². The summed E-state index contributed by atoms with van der Waals surface area (Å²) < 4.78 is 0. The lowest BCUT2D eigenvalue weighted by molar-refractivity contribution is 0.560. The van der Waals surface area contributed by atoms with Crippen LogP contribution in [-0.2, 0) is 0 Å². The van der Waals surface area contributed by atoms with E-state index in [4.69, 9.17) is 5.73 Å². The maximum Gasteiger partial charge on any atom is 0.118 e. The van der Waals surface area contributed by atoms with Crippen molar-refractivity contribution in [2.45, 2.75) is 51.6 Å². The second-order valence-corrected chi connectivity index (χ2v) is 6.57. The Labute approximate surface area is 162 Å². The van der Waals surface area contributed by atoms with E-state index in [1.54, 1.807) is 0 Å². The number of hydrogen-bond acceptors (Lipinski definition) is 5. The minimum atomic E-state index is -0.304. The standard InChI is InChI=1S/C22H27N5/c1-3-5-21(15-23)27(22(16-24)6-4-2)20-13-11-19(12-14-20)26-18-9-7-17(25)8-10-18/h7-14,21-22,26H,3-6,25H2,1-2H3. The average Bonchev–Trinajstić information content (AvgIpc) is 2.69. The van der Waals surface area contributed by atoms with Gasteiger partial charge in [-0.2, -0.15) is 10.5 Å². The minimum absolute atomic E-state index is 0.304. The van der Waals surface area contributed by atoms with Gasteiger partial charge in [0.15, 0.2) is 0 Å². The molecule has 0 aliphatic carbocycles. The Morgan fingerprint density at radius 3 is 1.70 bits per heavy atom. The molecule has 27 heavy (non-hydrogen) atoms. The first-order valence-electron chi connectivity index (χ1n) is 9.43. The van der Waals surface area contributed by atoms with Crippen LogP contribution in [0.5, 0.6) is 0 Å². The second kappa shape index (κ2) is 10.1. The smallest absolute Gasteiger partial charge is 0.118 e. The SMILES string of the molecule is CCCC(C#N)N(c1ccc(Nc2ccc(N)cc2)cc1)C(C#N)CCC. The van der Waals surface area contributed by atoms with Gasteiger partial charge in [-0.05, 0) is 61.4 Å². The van der Waals surface area contributed by atoms with Crippen LogP contribution in [0.25, 0.3) is 0 Å². The zero-order valence-electron chi connectivity index (χ0n) is 16.0. The molecule has 0 heterocycles. The molecule has 5 nitrogen and oxygen atoms in total. The van der Waals surface area contributed by atoms with Crippen LogP contribution >= 0.6 is 0 Å². The minimum Gasteiger partial charge on any atom is -0.399 e. The summed E-state index contributed by atoms with van der Waals surface area (Å²) >= 11 is 0. The summed E-state index contributed by atoms with van der Waals surface area (Å²) in [7, 11) is 0. The first-order chi connectivity index (χ1) is 13.1. The van der Waals surface area contributed by atoms with Crippen LogP contribution in [-0.4, -0.2) is 12.1 Å². The highest BCUT2D eigenvalue weighted by Gasteiger charge is 2.25. The van der Waals surface area contributed by atoms with Crippen LogP contribution in [0.15, 0.2) is 48.5 Å². The van der Waals surface area contributed by atoms with Crippen molar-refractivity contribution < 1.29 is 0 Å². The van der Waals surface area contributed by atoms with Gasteiger partial charge in [-0.1, -0.05) is 26.7 Å². The lowest BCUT2D eigenvalue weighted by Gasteiger charge is -2.33. The van der Waals surface area contributed by atoms with Gasteiger partial charge in [-0.25, -0.2) is 0 Å². The third-order valence-corrected chi connectivity index (χ3v) is 4.46. The Kier molecular flexibility index (Phi) is 7.52. The maximum absolute atomic E-state index is 9.65. The van der Waals surface area contributed by atoms with Gasteiger partial charge in [0.25, 0.3) is 0 Å². The summed E-state index contributed by atoms with van der Waals surface area (Å²) in [6, 6.07) is 19.6. The summed E-state index contributed by atoms with van der Waals surface area (Å²) in [5, 5.41) is 22.6. The Morgan fingerprint density at radius 2 is 1.30 bits per heavy atom. The Balaban J connectivity index is 2.26. The fraction of sp³-hybridized carbons (Fsp3) is 0.364. The molecule has 2 atom stereocenters. The normalized spacial score (nSPS) is 12.4. The molecule has 0 amide bonds. The predicted octanol–water partition coefficient (Wildman–Crippen LogP) is 5.20. The molecule has 0 radical (unpaired) electrons. The quantitative estimate of drug-likeness (QED) is 0.599. The van der Waals surface area contributed by atoms with E-state index in [1.165, 1.54) is 0 Å². The molecule has 0 saturated carbocycles. The zero-order chi connectivity index (χ0) is 19.6. The lowest BCUT2D eigenvalue weighted by atomic mass is 10.0. The Hall–Kier alpha value is -3.18. The third kappa shape index (κ3) is 5.39. The van der Waals surface area contributed by atoms with Gasteiger partial charge in [0.05, 0.1) is 12.1 Å². The molecule has 0 saturated heterocycles. The number of nitrogens with zero attached hydrogens (tertiary/aromatic N) is 3. The van der Waals surface area contributed by atoms with E-state index in [9.17, 15) is 10.5 Å². The monoisotopic (exact) mass is 361 g/mol. The molecule has 140 valence electrons. The van der Waals surface area contributed by atoms with E-state index < -0.39 is 0 Å². The Bertz CT molecular complexity index is 759. The fourth-order valence-corrected chi connectivity index (χ4v) is 3.11. The number of nitrogens with one attached hydrogen (secondary N) is 1. The lowest BCUT2D eigenvalue weighted by Crippen LogP contribution is -2.42. The van der Waals surface area contributed by atoms with Gasteiger partial charge in [0, 0.05) is 22.7 Å².